The van der Waals surface area contributed by atoms with Crippen LogP contribution < -0.4 is 0 Å². The second-order valence-electron chi connectivity index (χ2n) is 2.25. The number of rotatable bonds is 2. The lowest BCUT2D eigenvalue weighted by molar-refractivity contribution is 0.151. The molecule has 0 bridgehead atoms. The van der Waals surface area contributed by atoms with Crippen LogP contribution in [0.3, 0.4) is 0 Å². The maximum atomic E-state index is 12.3. The Hall–Kier alpha value is 0.320. The summed E-state index contributed by atoms with van der Waals surface area (Å²) in [5, 5.41) is -0.159. The smallest absolute Gasteiger partial charge is 0.229 e. The first kappa shape index (κ1) is 11.4. The molecule has 0 aromatic carbocycles. The zero-order valence-corrected chi connectivity index (χ0v) is 9.87. The van der Waals surface area contributed by atoms with Gasteiger partial charge in [-0.1, -0.05) is 11.6 Å². The molecule has 1 aromatic rings. The molecule has 6 heteroatoms. The van der Waals surface area contributed by atoms with E-state index in [1.165, 1.54) is 6.07 Å². The van der Waals surface area contributed by atoms with Gasteiger partial charge in [0.1, 0.15) is 8.85 Å². The molecule has 1 aromatic heterocycles. The van der Waals surface area contributed by atoms with Crippen molar-refractivity contribution in [1.29, 1.82) is 0 Å². The van der Waals surface area contributed by atoms with Crippen molar-refractivity contribution in [2.45, 2.75) is 12.3 Å². The third-order valence-corrected chi connectivity index (χ3v) is 2.93. The molecule has 0 unspecified atom stereocenters. The van der Waals surface area contributed by atoms with Crippen molar-refractivity contribution in [2.75, 3.05) is 0 Å². The summed E-state index contributed by atoms with van der Waals surface area (Å²) < 4.78 is 25.2. The highest BCUT2D eigenvalue weighted by Gasteiger charge is 2.15. The molecule has 0 fully saturated rings. The number of hydrogen-bond donors (Lipinski definition) is 0. The van der Waals surface area contributed by atoms with Crippen LogP contribution in [0.4, 0.5) is 8.78 Å². The van der Waals surface area contributed by atoms with Crippen LogP contribution in [0.15, 0.2) is 6.07 Å². The van der Waals surface area contributed by atoms with Gasteiger partial charge in [0, 0.05) is 5.88 Å². The van der Waals surface area contributed by atoms with E-state index >= 15 is 0 Å². The van der Waals surface area contributed by atoms with Crippen molar-refractivity contribution in [1.82, 2.24) is 4.98 Å². The third-order valence-electron chi connectivity index (χ3n) is 1.41. The summed E-state index contributed by atoms with van der Waals surface area (Å²) in [7, 11) is 0. The fourth-order valence-corrected chi connectivity index (χ4v) is 2.16. The number of nitrogens with zero attached hydrogens (tertiary/aromatic N) is 1. The average molecular weight is 338 g/mol. The highest BCUT2D eigenvalue weighted by atomic mass is 127. The minimum absolute atomic E-state index is 0.155. The van der Waals surface area contributed by atoms with Gasteiger partial charge in [-0.25, -0.2) is 13.8 Å². The zero-order valence-electron chi connectivity index (χ0n) is 6.20. The molecule has 1 nitrogen and oxygen atoms in total. The molecule has 0 saturated carbocycles. The second kappa shape index (κ2) is 4.70. The third kappa shape index (κ3) is 2.63. The summed E-state index contributed by atoms with van der Waals surface area (Å²) in [5.41, 5.74) is 0.305. The maximum absolute atomic E-state index is 12.3. The number of hydrogen-bond acceptors (Lipinski definition) is 1. The Balaban J connectivity index is 3.22. The fraction of sp³-hybridized carbons (Fsp3) is 0.286. The van der Waals surface area contributed by atoms with Crippen LogP contribution in [0.25, 0.3) is 0 Å². The molecule has 72 valence electrons. The highest BCUT2D eigenvalue weighted by molar-refractivity contribution is 14.1. The topological polar surface area (TPSA) is 12.9 Å². The predicted octanol–water partition coefficient (Wildman–Crippen LogP) is 4.02. The van der Waals surface area contributed by atoms with Gasteiger partial charge in [-0.15, -0.1) is 11.6 Å². The number of halogens is 5. The summed E-state index contributed by atoms with van der Waals surface area (Å²) in [4.78, 5) is 3.75. The number of pyridine rings is 1. The van der Waals surface area contributed by atoms with Crippen LogP contribution in [0, 0.1) is 3.70 Å². The van der Waals surface area contributed by atoms with E-state index in [0.717, 1.165) is 0 Å². The molecule has 1 heterocycles. The Morgan fingerprint density at radius 2 is 2.15 bits per heavy atom. The minimum Gasteiger partial charge on any atom is -0.229 e. The SMILES string of the molecule is FC(F)c1cc(CCl)c(I)nc1Cl. The van der Waals surface area contributed by atoms with E-state index < -0.39 is 6.43 Å². The normalized spacial score (nSPS) is 10.9. The summed E-state index contributed by atoms with van der Waals surface area (Å²) >= 11 is 12.9. The van der Waals surface area contributed by atoms with Crippen molar-refractivity contribution in [2.24, 2.45) is 0 Å². The molecule has 13 heavy (non-hydrogen) atoms. The quantitative estimate of drug-likeness (QED) is 0.451. The van der Waals surface area contributed by atoms with Gasteiger partial charge in [-0.05, 0) is 34.2 Å². The van der Waals surface area contributed by atoms with E-state index in [2.05, 4.69) is 4.98 Å². The van der Waals surface area contributed by atoms with E-state index in [9.17, 15) is 8.78 Å². The molecule has 0 aliphatic heterocycles. The molecule has 1 rings (SSSR count). The van der Waals surface area contributed by atoms with E-state index in [1.807, 2.05) is 22.6 Å². The molecule has 0 amide bonds. The van der Waals surface area contributed by atoms with Gasteiger partial charge in [-0.2, -0.15) is 0 Å². The van der Waals surface area contributed by atoms with E-state index in [0.29, 0.717) is 9.26 Å². The van der Waals surface area contributed by atoms with Gasteiger partial charge >= 0.3 is 0 Å². The van der Waals surface area contributed by atoms with Gasteiger partial charge < -0.3 is 0 Å². The predicted molar refractivity (Wildman–Crippen MR) is 56.5 cm³/mol. The minimum atomic E-state index is -2.61. The van der Waals surface area contributed by atoms with Crippen LogP contribution in [-0.4, -0.2) is 4.98 Å². The molecule has 0 spiro atoms. The number of aromatic nitrogens is 1. The Kier molecular flexibility index (Phi) is 4.12. The van der Waals surface area contributed by atoms with Crippen molar-refractivity contribution < 1.29 is 8.78 Å². The van der Waals surface area contributed by atoms with Crippen LogP contribution >= 0.6 is 45.8 Å². The fourth-order valence-electron chi connectivity index (χ4n) is 0.776. The van der Waals surface area contributed by atoms with Crippen molar-refractivity contribution in [3.8, 4) is 0 Å². The van der Waals surface area contributed by atoms with Crippen LogP contribution in [-0.2, 0) is 5.88 Å². The lowest BCUT2D eigenvalue weighted by Gasteiger charge is -2.05. The standard InChI is InChI=1S/C7H4Cl2F2IN/c8-2-3-1-4(6(10)11)5(9)13-7(3)12/h1,6H,2H2. The van der Waals surface area contributed by atoms with Gasteiger partial charge in [-0.3, -0.25) is 0 Å². The summed E-state index contributed by atoms with van der Waals surface area (Å²) in [5.74, 6) is 0.155. The Morgan fingerprint density at radius 1 is 1.54 bits per heavy atom. The molecule has 0 aliphatic rings. The second-order valence-corrected chi connectivity index (χ2v) is 3.90. The molecule has 0 radical (unpaired) electrons. The Morgan fingerprint density at radius 3 is 2.62 bits per heavy atom. The first-order chi connectivity index (χ1) is 6.06. The van der Waals surface area contributed by atoms with Crippen LogP contribution in [0.5, 0.6) is 0 Å². The van der Waals surface area contributed by atoms with Gasteiger partial charge in [0.05, 0.1) is 5.56 Å². The lowest BCUT2D eigenvalue weighted by Crippen LogP contribution is -1.96. The van der Waals surface area contributed by atoms with Crippen LogP contribution in [0.2, 0.25) is 5.15 Å². The van der Waals surface area contributed by atoms with Crippen molar-refractivity contribution in [3.05, 3.63) is 26.0 Å². The molecule has 0 aliphatic carbocycles. The lowest BCUT2D eigenvalue weighted by atomic mass is 10.2. The largest absolute Gasteiger partial charge is 0.266 e. The van der Waals surface area contributed by atoms with Gasteiger partial charge in [0.2, 0.25) is 0 Å². The van der Waals surface area contributed by atoms with Crippen molar-refractivity contribution >= 4 is 45.8 Å². The number of alkyl halides is 3. The Bertz CT molecular complexity index is 320. The van der Waals surface area contributed by atoms with E-state index in [4.69, 9.17) is 23.2 Å². The van der Waals surface area contributed by atoms with E-state index in [1.54, 1.807) is 0 Å². The van der Waals surface area contributed by atoms with Gasteiger partial charge in [0.15, 0.2) is 0 Å². The maximum Gasteiger partial charge on any atom is 0.266 e. The molecule has 0 atom stereocenters. The average Bonchev–Trinajstić information content (AvgIpc) is 2.03. The van der Waals surface area contributed by atoms with Crippen LogP contribution in [0.1, 0.15) is 17.6 Å². The molecular formula is C7H4Cl2F2IN. The molecule has 0 N–H and O–H groups in total. The summed E-state index contributed by atoms with van der Waals surface area (Å²) in [6, 6.07) is 1.29. The highest BCUT2D eigenvalue weighted by Crippen LogP contribution is 2.28. The summed E-state index contributed by atoms with van der Waals surface area (Å²) in [6.07, 6.45) is -2.61. The Labute approximate surface area is 97.6 Å². The summed E-state index contributed by atoms with van der Waals surface area (Å²) in [6.45, 7) is 0. The van der Waals surface area contributed by atoms with Crippen molar-refractivity contribution in [3.63, 3.8) is 0 Å². The monoisotopic (exact) mass is 337 g/mol. The van der Waals surface area contributed by atoms with E-state index in [-0.39, 0.29) is 16.6 Å². The van der Waals surface area contributed by atoms with Gasteiger partial charge in [0.25, 0.3) is 6.43 Å². The first-order valence-corrected chi connectivity index (χ1v) is 5.24. The first-order valence-electron chi connectivity index (χ1n) is 3.25. The molecule has 0 saturated heterocycles. The zero-order chi connectivity index (χ0) is 10.0. The molecular weight excluding hydrogens is 334 g/mol.